The van der Waals surface area contributed by atoms with Crippen LogP contribution in [0, 0.1) is 29.6 Å². The van der Waals surface area contributed by atoms with Crippen molar-refractivity contribution in [3.63, 3.8) is 0 Å². The standard InChI is InChI=1S/C58H93NO12Si2/c1-17-23-43-31-37(2)30-38(3)32-50(66-11)53-51(67-12)34-40(5)58(64,69-53)54(61)55(62)59-29-22-21-26-45(59)56(63)68-52(41(6)48(36-46(43)60)71-73(15,16)57(7,8)9)39(4)33-42-27-28-47(49(35-42)65-10)70-72(13,14)44-24-19-18-20-25-44/h17-20,24-25,31,33,38,40-43,45,47-53,64H,1,21-23,26-30,32,34-36H2,2-16H3/b37-31+,39-33+/t38-,40+,41+,42-,43+,45-,47+,48-,49+,50-,51-,52+,53+,58+/m0/s1/i47D. The third-order valence-corrected chi connectivity index (χ3v) is 23.8. The van der Waals surface area contributed by atoms with Crippen LogP contribution in [0.5, 0.6) is 0 Å². The Labute approximate surface area is 442 Å². The zero-order chi connectivity index (χ0) is 55.1. The highest BCUT2D eigenvalue weighted by molar-refractivity contribution is 6.84. The Morgan fingerprint density at radius 1 is 0.890 bits per heavy atom. The van der Waals surface area contributed by atoms with Gasteiger partial charge in [-0.1, -0.05) is 95.7 Å². The average Bonchev–Trinajstić information content (AvgIpc) is 3.34. The van der Waals surface area contributed by atoms with Gasteiger partial charge in [-0.15, -0.1) is 6.58 Å². The molecule has 2 bridgehead atoms. The second-order valence-corrected chi connectivity index (χ2v) is 32.5. The van der Waals surface area contributed by atoms with Crippen LogP contribution in [0.4, 0.5) is 0 Å². The van der Waals surface area contributed by atoms with E-state index in [-0.39, 0.29) is 48.5 Å². The first-order valence-corrected chi connectivity index (χ1v) is 32.8. The Bertz CT molecular complexity index is 2160. The molecular weight excluding hydrogens is 959 g/mol. The number of methoxy groups -OCH3 is 3. The minimum Gasteiger partial charge on any atom is -0.456 e. The van der Waals surface area contributed by atoms with Crippen molar-refractivity contribution < 1.29 is 58.2 Å². The summed E-state index contributed by atoms with van der Waals surface area (Å²) in [6.45, 7) is 28.8. The summed E-state index contributed by atoms with van der Waals surface area (Å²) in [6.07, 6.45) is 4.98. The van der Waals surface area contributed by atoms with Crippen molar-refractivity contribution in [2.24, 2.45) is 29.6 Å². The van der Waals surface area contributed by atoms with Crippen LogP contribution in [0.3, 0.4) is 0 Å². The number of hydrogen-bond acceptors (Lipinski definition) is 12. The molecule has 1 aromatic carbocycles. The van der Waals surface area contributed by atoms with Crippen LogP contribution in [0.25, 0.3) is 0 Å². The number of carbonyl (C=O) groups is 4. The van der Waals surface area contributed by atoms with Gasteiger partial charge in [-0.2, -0.15) is 0 Å². The summed E-state index contributed by atoms with van der Waals surface area (Å²) < 4.78 is 54.9. The zero-order valence-corrected chi connectivity index (χ0v) is 49.1. The first-order valence-electron chi connectivity index (χ1n) is 27.5. The van der Waals surface area contributed by atoms with Crippen molar-refractivity contribution in [1.82, 2.24) is 4.90 Å². The minimum atomic E-state index is -2.60. The van der Waals surface area contributed by atoms with E-state index in [9.17, 15) is 20.9 Å². The number of allylic oxidation sites excluding steroid dienone is 4. The number of ether oxygens (including phenoxy) is 5. The number of ketones is 2. The van der Waals surface area contributed by atoms with E-state index in [4.69, 9.17) is 32.5 Å². The van der Waals surface area contributed by atoms with Crippen LogP contribution in [-0.2, 0) is 51.7 Å². The number of fused-ring (bicyclic) bond motifs is 3. The molecule has 14 atom stereocenters. The van der Waals surface area contributed by atoms with Gasteiger partial charge in [0.25, 0.3) is 11.7 Å². The number of esters is 1. The lowest BCUT2D eigenvalue weighted by Crippen LogP contribution is -2.64. The molecule has 1 aromatic rings. The zero-order valence-electron chi connectivity index (χ0n) is 48.1. The van der Waals surface area contributed by atoms with Crippen LogP contribution in [0.1, 0.15) is 127 Å². The van der Waals surface area contributed by atoms with Crippen molar-refractivity contribution in [2.75, 3.05) is 27.9 Å². The number of piperidine rings is 1. The van der Waals surface area contributed by atoms with Crippen molar-refractivity contribution in [3.8, 4) is 0 Å². The minimum absolute atomic E-state index is 0.00883. The number of rotatable bonds is 12. The van der Waals surface area contributed by atoms with E-state index in [1.54, 1.807) is 34.3 Å². The smallest absolute Gasteiger partial charge is 0.329 e. The molecule has 1 saturated carbocycles. The van der Waals surface area contributed by atoms with E-state index in [1.807, 2.05) is 45.0 Å². The molecule has 3 aliphatic heterocycles. The fraction of sp³-hybridized carbons (Fsp3) is 0.724. The fourth-order valence-corrected chi connectivity index (χ4v) is 14.7. The van der Waals surface area contributed by atoms with Gasteiger partial charge < -0.3 is 42.5 Å². The van der Waals surface area contributed by atoms with Crippen LogP contribution in [0.2, 0.25) is 31.2 Å². The molecule has 1 N–H and O–H groups in total. The van der Waals surface area contributed by atoms with Gasteiger partial charge in [0, 0.05) is 52.0 Å². The summed E-state index contributed by atoms with van der Waals surface area (Å²) in [4.78, 5) is 60.6. The van der Waals surface area contributed by atoms with Gasteiger partial charge in [0.05, 0.1) is 31.9 Å². The molecule has 15 heteroatoms. The highest BCUT2D eigenvalue weighted by Gasteiger charge is 2.57. The third kappa shape index (κ3) is 14.9. The monoisotopic (exact) mass is 1050 g/mol. The predicted octanol–water partition coefficient (Wildman–Crippen LogP) is 9.81. The van der Waals surface area contributed by atoms with Crippen LogP contribution in [-0.4, -0.2) is 132 Å². The molecule has 73 heavy (non-hydrogen) atoms. The number of carbonyl (C=O) groups excluding carboxylic acids is 4. The number of nitrogens with zero attached hydrogens (tertiary/aromatic N) is 1. The van der Waals surface area contributed by atoms with E-state index in [0.29, 0.717) is 51.4 Å². The maximum absolute atomic E-state index is 15.1. The van der Waals surface area contributed by atoms with Gasteiger partial charge in [0.1, 0.15) is 24.0 Å². The largest absolute Gasteiger partial charge is 0.456 e. The second-order valence-electron chi connectivity index (χ2n) is 23.9. The summed E-state index contributed by atoms with van der Waals surface area (Å²) >= 11 is 0. The Morgan fingerprint density at radius 2 is 1.53 bits per heavy atom. The van der Waals surface area contributed by atoms with Crippen molar-refractivity contribution >= 4 is 45.3 Å². The SMILES string of the molecule is [2H][C@@]1(O[Si](C)(C)c2ccccc2)CC[C@@H](/C=C(\C)[C@H]2OC(=O)[C@@H]3CCCCN3C(=O)C(=O)[C@]3(O)O[C@H]([C@@H](OC)C[C@@H](C)C/C(C)=C/[C@@H](CC=C)C(=O)C[C@H](O[Si](C)(C)C(C)(C)C)[C@H]2C)[C@@H](OC)C[C@H]3C)C[C@H]1OC. The van der Waals surface area contributed by atoms with Crippen molar-refractivity contribution in [3.05, 3.63) is 66.3 Å². The Kier molecular flexibility index (Phi) is 20.9. The number of hydrogen-bond donors (Lipinski definition) is 1. The Morgan fingerprint density at radius 3 is 2.15 bits per heavy atom. The summed E-state index contributed by atoms with van der Waals surface area (Å²) in [5.41, 5.74) is 1.74. The predicted molar refractivity (Wildman–Crippen MR) is 291 cm³/mol. The number of cyclic esters (lactones) is 1. The van der Waals surface area contributed by atoms with Gasteiger partial charge >= 0.3 is 5.97 Å². The quantitative estimate of drug-likeness (QED) is 0.0917. The lowest BCUT2D eigenvalue weighted by atomic mass is 9.81. The highest BCUT2D eigenvalue weighted by atomic mass is 28.4. The van der Waals surface area contributed by atoms with Gasteiger partial charge in [-0.25, -0.2) is 4.79 Å². The summed E-state index contributed by atoms with van der Waals surface area (Å²) in [5.74, 6) is -7.39. The van der Waals surface area contributed by atoms with Crippen LogP contribution < -0.4 is 5.19 Å². The Balaban J connectivity index is 1.62. The molecule has 1 aliphatic carbocycles. The molecule has 0 radical (unpaired) electrons. The number of benzene rings is 1. The van der Waals surface area contributed by atoms with Crippen molar-refractivity contribution in [2.45, 2.75) is 212 Å². The summed E-state index contributed by atoms with van der Waals surface area (Å²) in [6, 6.07) is 8.93. The van der Waals surface area contributed by atoms with Gasteiger partial charge in [-0.05, 0) is 132 Å². The lowest BCUT2D eigenvalue weighted by molar-refractivity contribution is -0.302. The van der Waals surface area contributed by atoms with Gasteiger partial charge in [0.15, 0.2) is 8.32 Å². The first-order chi connectivity index (χ1) is 34.6. The molecule has 13 nitrogen and oxygen atoms in total. The normalized spacial score (nSPS) is 36.5. The number of aliphatic hydroxyl groups is 1. The van der Waals surface area contributed by atoms with Gasteiger partial charge in [0.2, 0.25) is 14.1 Å². The molecule has 0 spiro atoms. The molecule has 0 aromatic heterocycles. The van der Waals surface area contributed by atoms with E-state index in [0.717, 1.165) is 16.3 Å². The fourth-order valence-electron chi connectivity index (χ4n) is 11.3. The molecule has 3 fully saturated rings. The first kappa shape index (κ1) is 59.1. The molecule has 4 aliphatic rings. The summed E-state index contributed by atoms with van der Waals surface area (Å²) in [5, 5.41) is 13.2. The maximum Gasteiger partial charge on any atom is 0.329 e. The van der Waals surface area contributed by atoms with Crippen LogP contribution in [0.15, 0.2) is 66.3 Å². The van der Waals surface area contributed by atoms with Gasteiger partial charge in [-0.3, -0.25) is 14.4 Å². The Hall–Kier alpha value is -3.13. The molecule has 0 unspecified atom stereocenters. The third-order valence-electron chi connectivity index (χ3n) is 16.8. The van der Waals surface area contributed by atoms with E-state index >= 15 is 4.79 Å². The lowest BCUT2D eigenvalue weighted by Gasteiger charge is -2.47. The second kappa shape index (κ2) is 25.8. The molecular formula is C58H93NO12Si2. The van der Waals surface area contributed by atoms with Crippen molar-refractivity contribution in [1.29, 1.82) is 0 Å². The van der Waals surface area contributed by atoms with E-state index < -0.39 is 107 Å². The average molecular weight is 1050 g/mol. The number of Topliss-reactive ketones (excluding diaryl/α,β-unsaturated/α-hetero) is 2. The molecule has 1 amide bonds. The molecule has 2 saturated heterocycles. The summed E-state index contributed by atoms with van der Waals surface area (Å²) in [7, 11) is -0.407. The maximum atomic E-state index is 15.1. The van der Waals surface area contributed by atoms with E-state index in [1.165, 1.54) is 4.90 Å². The molecule has 5 rings (SSSR count). The number of amides is 1. The highest BCUT2D eigenvalue weighted by Crippen LogP contribution is 2.42. The molecule has 410 valence electrons. The van der Waals surface area contributed by atoms with E-state index in [2.05, 4.69) is 78.7 Å². The molecule has 3 heterocycles. The van der Waals surface area contributed by atoms with Crippen LogP contribution >= 0.6 is 0 Å². The topological polar surface area (TPSA) is 156 Å².